The fourth-order valence-corrected chi connectivity index (χ4v) is 3.30. The van der Waals surface area contributed by atoms with Gasteiger partial charge in [-0.2, -0.15) is 0 Å². The van der Waals surface area contributed by atoms with Crippen LogP contribution in [0.1, 0.15) is 16.1 Å². The van der Waals surface area contributed by atoms with Gasteiger partial charge in [0.15, 0.2) is 5.76 Å². The average Bonchev–Trinajstić information content (AvgIpc) is 3.27. The lowest BCUT2D eigenvalue weighted by atomic mass is 10.1. The van der Waals surface area contributed by atoms with Crippen LogP contribution in [0, 0.1) is 0 Å². The summed E-state index contributed by atoms with van der Waals surface area (Å²) in [6.07, 6.45) is 0. The minimum absolute atomic E-state index is 0.144. The molecule has 1 saturated heterocycles. The minimum Gasteiger partial charge on any atom is -0.497 e. The van der Waals surface area contributed by atoms with Crippen molar-refractivity contribution in [2.24, 2.45) is 0 Å². The predicted molar refractivity (Wildman–Crippen MR) is 109 cm³/mol. The summed E-state index contributed by atoms with van der Waals surface area (Å²) < 4.78 is 16.0. The second-order valence-electron chi connectivity index (χ2n) is 6.71. The molecule has 1 aliphatic heterocycles. The number of hydrogen-bond donors (Lipinski definition) is 1. The second kappa shape index (κ2) is 8.79. The van der Waals surface area contributed by atoms with Crippen LogP contribution in [0.5, 0.6) is 5.75 Å². The summed E-state index contributed by atoms with van der Waals surface area (Å²) >= 11 is 0. The quantitative estimate of drug-likeness (QED) is 0.693. The van der Waals surface area contributed by atoms with E-state index in [1.165, 1.54) is 0 Å². The van der Waals surface area contributed by atoms with Gasteiger partial charge in [0.25, 0.3) is 5.91 Å². The minimum atomic E-state index is -0.144. The number of hydrogen-bond acceptors (Lipinski definition) is 6. The monoisotopic (exact) mass is 393 g/mol. The van der Waals surface area contributed by atoms with Gasteiger partial charge in [0.1, 0.15) is 11.4 Å². The molecule has 0 atom stereocenters. The van der Waals surface area contributed by atoms with E-state index < -0.39 is 0 Å². The number of benzene rings is 2. The van der Waals surface area contributed by atoms with E-state index in [0.717, 1.165) is 30.1 Å². The van der Waals surface area contributed by atoms with Crippen molar-refractivity contribution in [1.29, 1.82) is 0 Å². The Kier molecular flexibility index (Phi) is 5.76. The van der Waals surface area contributed by atoms with Crippen LogP contribution in [0.4, 0.5) is 5.69 Å². The van der Waals surface area contributed by atoms with Crippen LogP contribution in [0.15, 0.2) is 59.1 Å². The number of aromatic nitrogens is 1. The van der Waals surface area contributed by atoms with Crippen molar-refractivity contribution in [2.45, 2.75) is 6.54 Å². The van der Waals surface area contributed by atoms with Crippen LogP contribution in [0.25, 0.3) is 11.3 Å². The highest BCUT2D eigenvalue weighted by atomic mass is 16.5. The van der Waals surface area contributed by atoms with Crippen molar-refractivity contribution in [3.8, 4) is 17.0 Å². The zero-order valence-corrected chi connectivity index (χ0v) is 16.3. The van der Waals surface area contributed by atoms with E-state index in [2.05, 4.69) is 15.4 Å². The predicted octanol–water partition coefficient (Wildman–Crippen LogP) is 3.12. The van der Waals surface area contributed by atoms with Gasteiger partial charge in [-0.3, -0.25) is 4.79 Å². The molecule has 150 valence electrons. The Morgan fingerprint density at radius 3 is 2.66 bits per heavy atom. The first-order valence-electron chi connectivity index (χ1n) is 9.54. The first-order valence-corrected chi connectivity index (χ1v) is 9.54. The Bertz CT molecular complexity index is 962. The lowest BCUT2D eigenvalue weighted by Crippen LogP contribution is -2.37. The highest BCUT2D eigenvalue weighted by molar-refractivity contribution is 5.99. The van der Waals surface area contributed by atoms with E-state index in [-0.39, 0.29) is 12.5 Å². The van der Waals surface area contributed by atoms with E-state index in [0.29, 0.717) is 30.2 Å². The van der Waals surface area contributed by atoms with Gasteiger partial charge in [0.05, 0.1) is 32.4 Å². The highest BCUT2D eigenvalue weighted by Crippen LogP contribution is 2.23. The van der Waals surface area contributed by atoms with Crippen LogP contribution in [-0.2, 0) is 11.3 Å². The number of carbonyl (C=O) groups excluding carboxylic acids is 1. The molecule has 0 radical (unpaired) electrons. The third kappa shape index (κ3) is 4.41. The van der Waals surface area contributed by atoms with E-state index in [1.54, 1.807) is 7.11 Å². The lowest BCUT2D eigenvalue weighted by molar-refractivity contribution is 0.0945. The van der Waals surface area contributed by atoms with Crippen molar-refractivity contribution >= 4 is 11.6 Å². The van der Waals surface area contributed by atoms with Crippen LogP contribution < -0.4 is 15.0 Å². The van der Waals surface area contributed by atoms with Crippen LogP contribution in [-0.4, -0.2) is 44.5 Å². The van der Waals surface area contributed by atoms with Crippen molar-refractivity contribution in [3.05, 3.63) is 65.9 Å². The van der Waals surface area contributed by atoms with Gasteiger partial charge in [0.2, 0.25) is 0 Å². The molecule has 2 aromatic carbocycles. The van der Waals surface area contributed by atoms with E-state index in [1.807, 2.05) is 54.6 Å². The normalized spacial score (nSPS) is 13.9. The second-order valence-corrected chi connectivity index (χ2v) is 6.71. The van der Waals surface area contributed by atoms with Gasteiger partial charge >= 0.3 is 0 Å². The molecule has 2 heterocycles. The summed E-state index contributed by atoms with van der Waals surface area (Å²) in [5, 5.41) is 7.02. The zero-order valence-electron chi connectivity index (χ0n) is 16.3. The van der Waals surface area contributed by atoms with Crippen LogP contribution >= 0.6 is 0 Å². The fourth-order valence-electron chi connectivity index (χ4n) is 3.30. The molecule has 1 amide bonds. The van der Waals surface area contributed by atoms with Crippen LogP contribution in [0.2, 0.25) is 0 Å². The first-order chi connectivity index (χ1) is 14.2. The Hall–Kier alpha value is -3.32. The molecule has 29 heavy (non-hydrogen) atoms. The average molecular weight is 393 g/mol. The molecule has 7 nitrogen and oxygen atoms in total. The third-order valence-electron chi connectivity index (χ3n) is 4.87. The maximum absolute atomic E-state index is 12.8. The largest absolute Gasteiger partial charge is 0.497 e. The van der Waals surface area contributed by atoms with E-state index in [9.17, 15) is 4.79 Å². The molecule has 0 unspecified atom stereocenters. The van der Waals surface area contributed by atoms with E-state index >= 15 is 0 Å². The Labute approximate surface area is 169 Å². The SMILES string of the molecule is COc1ccc(-c2cc(CNC(=O)c3ccccc3N3CCOCC3)on2)cc1. The van der Waals surface area contributed by atoms with Gasteiger partial charge in [-0.25, -0.2) is 0 Å². The highest BCUT2D eigenvalue weighted by Gasteiger charge is 2.18. The zero-order chi connectivity index (χ0) is 20.1. The van der Waals surface area contributed by atoms with Gasteiger partial charge in [-0.15, -0.1) is 0 Å². The standard InChI is InChI=1S/C22H23N3O4/c1-27-17-8-6-16(7-9-17)20-14-18(29-24-20)15-23-22(26)19-4-2-3-5-21(19)25-10-12-28-13-11-25/h2-9,14H,10-13,15H2,1H3,(H,23,26). The van der Waals surface area contributed by atoms with Gasteiger partial charge in [-0.05, 0) is 36.4 Å². The molecule has 7 heteroatoms. The number of ether oxygens (including phenoxy) is 2. The van der Waals surface area contributed by atoms with Gasteiger partial charge in [0, 0.05) is 30.4 Å². The Balaban J connectivity index is 1.42. The molecule has 4 rings (SSSR count). The Morgan fingerprint density at radius 1 is 1.14 bits per heavy atom. The maximum Gasteiger partial charge on any atom is 0.253 e. The molecule has 0 spiro atoms. The fraction of sp³-hybridized carbons (Fsp3) is 0.273. The van der Waals surface area contributed by atoms with Crippen LogP contribution in [0.3, 0.4) is 0 Å². The molecule has 1 fully saturated rings. The van der Waals surface area contributed by atoms with Gasteiger partial charge < -0.3 is 24.2 Å². The number of methoxy groups -OCH3 is 1. The number of para-hydroxylation sites is 1. The summed E-state index contributed by atoms with van der Waals surface area (Å²) in [4.78, 5) is 15.0. The molecule has 3 aromatic rings. The molecule has 0 aliphatic carbocycles. The van der Waals surface area contributed by atoms with Crippen molar-refractivity contribution < 1.29 is 18.8 Å². The molecule has 0 saturated carbocycles. The first kappa shape index (κ1) is 19.0. The summed E-state index contributed by atoms with van der Waals surface area (Å²) in [6, 6.07) is 17.0. The molecule has 1 N–H and O–H groups in total. The summed E-state index contributed by atoms with van der Waals surface area (Å²) in [7, 11) is 1.63. The lowest BCUT2D eigenvalue weighted by Gasteiger charge is -2.30. The summed E-state index contributed by atoms with van der Waals surface area (Å²) in [6.45, 7) is 3.15. The maximum atomic E-state index is 12.8. The molecular weight excluding hydrogens is 370 g/mol. The molecule has 0 bridgehead atoms. The summed E-state index contributed by atoms with van der Waals surface area (Å²) in [5.74, 6) is 1.23. The number of rotatable bonds is 6. The number of nitrogens with zero attached hydrogens (tertiary/aromatic N) is 2. The number of carbonyl (C=O) groups is 1. The number of anilines is 1. The summed E-state index contributed by atoms with van der Waals surface area (Å²) in [5.41, 5.74) is 3.20. The molecule has 1 aromatic heterocycles. The van der Waals surface area contributed by atoms with Crippen molar-refractivity contribution in [1.82, 2.24) is 10.5 Å². The smallest absolute Gasteiger partial charge is 0.253 e. The Morgan fingerprint density at radius 2 is 1.90 bits per heavy atom. The van der Waals surface area contributed by atoms with Crippen molar-refractivity contribution in [2.75, 3.05) is 38.3 Å². The van der Waals surface area contributed by atoms with Crippen molar-refractivity contribution in [3.63, 3.8) is 0 Å². The van der Waals surface area contributed by atoms with E-state index in [4.69, 9.17) is 14.0 Å². The number of nitrogens with one attached hydrogen (secondary N) is 1. The number of morpholine rings is 1. The topological polar surface area (TPSA) is 76.8 Å². The van der Waals surface area contributed by atoms with Gasteiger partial charge in [-0.1, -0.05) is 17.3 Å². The molecular formula is C22H23N3O4. The third-order valence-corrected chi connectivity index (χ3v) is 4.87. The molecule has 1 aliphatic rings. The number of amides is 1.